The molecule has 12 heteroatoms. The molecule has 0 bridgehead atoms. The summed E-state index contributed by atoms with van der Waals surface area (Å²) in [6, 6.07) is -0.713. The van der Waals surface area contributed by atoms with Crippen LogP contribution in [0, 0.1) is 5.92 Å². The van der Waals surface area contributed by atoms with Crippen LogP contribution in [-0.4, -0.2) is 43.9 Å². The van der Waals surface area contributed by atoms with Crippen LogP contribution in [0.15, 0.2) is 0 Å². The molecule has 0 saturated heterocycles. The van der Waals surface area contributed by atoms with Crippen LogP contribution in [-0.2, 0) is 28.9 Å². The summed E-state index contributed by atoms with van der Waals surface area (Å²) in [5.41, 5.74) is 3.71. The van der Waals surface area contributed by atoms with Gasteiger partial charge in [0.25, 0.3) is 0 Å². The van der Waals surface area contributed by atoms with E-state index in [4.69, 9.17) is 20.7 Å². The first-order valence-electron chi connectivity index (χ1n) is 7.05. The number of carboxylic acids is 1. The quantitative estimate of drug-likeness (QED) is 0.714. The molecule has 1 atom stereocenters. The topological polar surface area (TPSA) is 123 Å². The maximum Gasteiger partial charge on any atom is 0.435 e. The molecular weight excluding hydrogens is 365 g/mol. The fourth-order valence-electron chi connectivity index (χ4n) is 1.67. The molecule has 0 aliphatic heterocycles. The number of nitrogens with zero attached hydrogens (tertiary/aromatic N) is 3. The lowest BCUT2D eigenvalue weighted by atomic mass is 10.1. The Bertz CT molecular complexity index is 714. The second kappa shape index (κ2) is 8.56. The van der Waals surface area contributed by atoms with Crippen molar-refractivity contribution in [2.75, 3.05) is 7.11 Å². The van der Waals surface area contributed by atoms with E-state index < -0.39 is 30.5 Å². The minimum Gasteiger partial charge on any atom is -0.480 e. The summed E-state index contributed by atoms with van der Waals surface area (Å²) in [6.07, 6.45) is -4.59. The highest BCUT2D eigenvalue weighted by molar-refractivity contribution is 7.16. The van der Waals surface area contributed by atoms with E-state index in [1.165, 1.54) is 7.11 Å². The predicted molar refractivity (Wildman–Crippen MR) is 83.0 cm³/mol. The highest BCUT2D eigenvalue weighted by atomic mass is 32.1. The molecule has 0 aliphatic carbocycles. The third-order valence-electron chi connectivity index (χ3n) is 3.03. The molecule has 0 aromatic carbocycles. The number of ether oxygens (including phenoxy) is 1. The van der Waals surface area contributed by atoms with Gasteiger partial charge in [-0.2, -0.15) is 18.3 Å². The van der Waals surface area contributed by atoms with Gasteiger partial charge in [-0.05, 0) is 5.92 Å². The second-order valence-corrected chi connectivity index (χ2v) is 6.33. The van der Waals surface area contributed by atoms with Gasteiger partial charge in [0, 0.05) is 7.11 Å². The molecule has 2 aromatic heterocycles. The highest BCUT2D eigenvalue weighted by Gasteiger charge is 2.38. The van der Waals surface area contributed by atoms with E-state index >= 15 is 0 Å². The lowest BCUT2D eigenvalue weighted by molar-refractivity contribution is -0.142. The molecule has 142 valence electrons. The Morgan fingerprint density at radius 3 is 2.40 bits per heavy atom. The first kappa shape index (κ1) is 21.3. The van der Waals surface area contributed by atoms with E-state index in [1.54, 1.807) is 13.8 Å². The van der Waals surface area contributed by atoms with E-state index in [-0.39, 0.29) is 23.2 Å². The van der Waals surface area contributed by atoms with E-state index in [0.717, 1.165) is 15.9 Å². The molecule has 0 spiro atoms. The van der Waals surface area contributed by atoms with Crippen molar-refractivity contribution in [3.8, 4) is 0 Å². The molecule has 0 saturated carbocycles. The monoisotopic (exact) mass is 384 g/mol. The van der Waals surface area contributed by atoms with Gasteiger partial charge in [0.15, 0.2) is 5.69 Å². The fraction of sp³-hybridized carbons (Fsp3) is 0.615. The van der Waals surface area contributed by atoms with Crippen molar-refractivity contribution in [3.63, 3.8) is 0 Å². The van der Waals surface area contributed by atoms with Crippen LogP contribution < -0.4 is 5.73 Å². The van der Waals surface area contributed by atoms with E-state index in [9.17, 15) is 18.0 Å². The summed E-state index contributed by atoms with van der Waals surface area (Å²) >= 11 is 0.993. The number of aromatic nitrogens is 3. The molecule has 8 nitrogen and oxygen atoms in total. The van der Waals surface area contributed by atoms with Crippen molar-refractivity contribution >= 4 is 22.3 Å². The van der Waals surface area contributed by atoms with Crippen molar-refractivity contribution in [1.82, 2.24) is 14.6 Å². The number of methoxy groups -OCH3 is 1. The number of alkyl halides is 3. The van der Waals surface area contributed by atoms with Gasteiger partial charge in [0.2, 0.25) is 4.96 Å². The smallest absolute Gasteiger partial charge is 0.435 e. The normalized spacial score (nSPS) is 13.0. The van der Waals surface area contributed by atoms with Crippen molar-refractivity contribution in [3.05, 3.63) is 16.4 Å². The molecule has 0 aliphatic rings. The zero-order valence-corrected chi connectivity index (χ0v) is 14.6. The molecular formula is C13H19F3N4O4S. The number of aliphatic hydroxyl groups excluding tert-OH is 1. The Labute approximate surface area is 145 Å². The Morgan fingerprint density at radius 2 is 2.04 bits per heavy atom. The molecule has 25 heavy (non-hydrogen) atoms. The Hall–Kier alpha value is -1.76. The third-order valence-corrected chi connectivity index (χ3v) is 3.91. The number of rotatable bonds is 5. The number of halogens is 3. The fourth-order valence-corrected chi connectivity index (χ4v) is 2.55. The second-order valence-electron chi connectivity index (χ2n) is 5.29. The molecule has 2 aromatic rings. The van der Waals surface area contributed by atoms with Crippen LogP contribution in [0.5, 0.6) is 0 Å². The van der Waals surface area contributed by atoms with Gasteiger partial charge in [-0.3, -0.25) is 4.79 Å². The van der Waals surface area contributed by atoms with Gasteiger partial charge >= 0.3 is 12.1 Å². The predicted octanol–water partition coefficient (Wildman–Crippen LogP) is 1.50. The summed E-state index contributed by atoms with van der Waals surface area (Å²) in [5, 5.41) is 21.6. The van der Waals surface area contributed by atoms with Gasteiger partial charge in [0.1, 0.15) is 16.7 Å². The number of aliphatic hydroxyl groups is 1. The SMILES string of the molecule is CC(C)[C@H](N)C(=O)O.COCc1nn2c(CO)c(C(F)(F)F)nc2s1. The van der Waals surface area contributed by atoms with Crippen molar-refractivity contribution < 1.29 is 32.9 Å². The molecule has 0 amide bonds. The highest BCUT2D eigenvalue weighted by Crippen LogP contribution is 2.33. The van der Waals surface area contributed by atoms with E-state index in [2.05, 4.69) is 10.1 Å². The van der Waals surface area contributed by atoms with Crippen LogP contribution >= 0.6 is 11.3 Å². The maximum atomic E-state index is 12.6. The van der Waals surface area contributed by atoms with Crippen LogP contribution in [0.3, 0.4) is 0 Å². The zero-order valence-electron chi connectivity index (χ0n) is 13.7. The lowest BCUT2D eigenvalue weighted by Gasteiger charge is -2.07. The van der Waals surface area contributed by atoms with Crippen molar-refractivity contribution in [2.45, 2.75) is 39.3 Å². The van der Waals surface area contributed by atoms with Gasteiger partial charge in [-0.15, -0.1) is 0 Å². The van der Waals surface area contributed by atoms with Gasteiger partial charge in [-0.1, -0.05) is 25.2 Å². The largest absolute Gasteiger partial charge is 0.480 e. The van der Waals surface area contributed by atoms with Crippen molar-refractivity contribution in [1.29, 1.82) is 0 Å². The summed E-state index contributed by atoms with van der Waals surface area (Å²) in [4.78, 5) is 13.5. The summed E-state index contributed by atoms with van der Waals surface area (Å²) in [7, 11) is 1.46. The summed E-state index contributed by atoms with van der Waals surface area (Å²) in [5.74, 6) is -0.910. The number of imidazole rings is 1. The number of hydrogen-bond acceptors (Lipinski definition) is 7. The summed E-state index contributed by atoms with van der Waals surface area (Å²) in [6.45, 7) is 2.98. The van der Waals surface area contributed by atoms with Gasteiger partial charge in [-0.25, -0.2) is 9.50 Å². The van der Waals surface area contributed by atoms with E-state index in [1.807, 2.05) is 0 Å². The lowest BCUT2D eigenvalue weighted by Crippen LogP contribution is -2.34. The Morgan fingerprint density at radius 1 is 1.44 bits per heavy atom. The average Bonchev–Trinajstić information content (AvgIpc) is 3.03. The molecule has 0 unspecified atom stereocenters. The third kappa shape index (κ3) is 5.36. The van der Waals surface area contributed by atoms with Crippen LogP contribution in [0.1, 0.15) is 30.2 Å². The van der Waals surface area contributed by atoms with Gasteiger partial charge in [0.05, 0.1) is 13.2 Å². The first-order chi connectivity index (χ1) is 11.5. The Kier molecular flexibility index (Phi) is 7.29. The van der Waals surface area contributed by atoms with Gasteiger partial charge < -0.3 is 20.7 Å². The van der Waals surface area contributed by atoms with Crippen LogP contribution in [0.4, 0.5) is 13.2 Å². The number of nitrogens with two attached hydrogens (primary N) is 1. The maximum absolute atomic E-state index is 12.6. The first-order valence-corrected chi connectivity index (χ1v) is 7.87. The number of carbonyl (C=O) groups is 1. The molecule has 0 fully saturated rings. The molecule has 2 rings (SSSR count). The summed E-state index contributed by atoms with van der Waals surface area (Å²) < 4.78 is 43.5. The number of hydrogen-bond donors (Lipinski definition) is 3. The molecule has 0 radical (unpaired) electrons. The molecule has 2 heterocycles. The number of fused-ring (bicyclic) bond motifs is 1. The average molecular weight is 384 g/mol. The standard InChI is InChI=1S/C8H8F3N3O2S.C5H11NO2/c1-16-3-5-13-14-4(2-15)6(8(9,10)11)12-7(14)17-5;1-3(2)4(6)5(7)8/h15H,2-3H2,1H3;3-4H,6H2,1-2H3,(H,7,8)/t;4-/m.0/s1. The number of carboxylic acid groups (broad SMARTS) is 1. The zero-order chi connectivity index (χ0) is 19.4. The molecule has 4 N–H and O–H groups in total. The minimum atomic E-state index is -4.59. The number of aliphatic carboxylic acids is 1. The Balaban J connectivity index is 0.000000333. The van der Waals surface area contributed by atoms with Crippen molar-refractivity contribution in [2.24, 2.45) is 11.7 Å². The van der Waals surface area contributed by atoms with E-state index in [0.29, 0.717) is 5.01 Å². The minimum absolute atomic E-state index is 0.0208. The van der Waals surface area contributed by atoms with Crippen LogP contribution in [0.25, 0.3) is 4.96 Å². The van der Waals surface area contributed by atoms with Crippen LogP contribution in [0.2, 0.25) is 0 Å².